The summed E-state index contributed by atoms with van der Waals surface area (Å²) in [6.45, 7) is 2.12. The number of nitrogens with one attached hydrogen (secondary N) is 1. The summed E-state index contributed by atoms with van der Waals surface area (Å²) in [5, 5.41) is 3.55. The fourth-order valence-electron chi connectivity index (χ4n) is 4.57. The maximum Gasteiger partial charge on any atom is 0.261 e. The third-order valence-corrected chi connectivity index (χ3v) is 6.69. The van der Waals surface area contributed by atoms with Crippen molar-refractivity contribution in [2.75, 3.05) is 19.0 Å². The number of hydrogen-bond acceptors (Lipinski definition) is 4. The van der Waals surface area contributed by atoms with Crippen molar-refractivity contribution in [1.82, 2.24) is 4.90 Å². The summed E-state index contributed by atoms with van der Waals surface area (Å²) in [4.78, 5) is 40.1. The van der Waals surface area contributed by atoms with E-state index in [0.29, 0.717) is 34.0 Å². The molecule has 1 saturated carbocycles. The molecule has 4 rings (SSSR count). The maximum absolute atomic E-state index is 13.2. The minimum absolute atomic E-state index is 0.0876. The van der Waals surface area contributed by atoms with Gasteiger partial charge in [-0.1, -0.05) is 36.6 Å². The zero-order valence-corrected chi connectivity index (χ0v) is 18.4. The van der Waals surface area contributed by atoms with Gasteiger partial charge in [0.05, 0.1) is 23.9 Å². The maximum atomic E-state index is 13.2. The quantitative estimate of drug-likeness (QED) is 0.684. The van der Waals surface area contributed by atoms with Crippen molar-refractivity contribution in [2.24, 2.45) is 11.8 Å². The Kier molecular flexibility index (Phi) is 6.01. The number of carbonyl (C=O) groups excluding carboxylic acids is 3. The molecule has 0 bridgehead atoms. The summed E-state index contributed by atoms with van der Waals surface area (Å²) in [7, 11) is 1.53. The first-order valence-corrected chi connectivity index (χ1v) is 10.9. The normalized spacial score (nSPS) is 20.5. The van der Waals surface area contributed by atoms with E-state index in [-0.39, 0.29) is 36.1 Å². The lowest BCUT2D eigenvalue weighted by Gasteiger charge is -2.33. The molecule has 1 fully saturated rings. The molecule has 2 aromatic carbocycles. The molecule has 0 aromatic heterocycles. The van der Waals surface area contributed by atoms with E-state index in [2.05, 4.69) is 5.32 Å². The van der Waals surface area contributed by atoms with Crippen molar-refractivity contribution in [3.05, 3.63) is 58.1 Å². The molecular formula is C24H25ClN2O4. The Balaban J connectivity index is 1.52. The molecule has 2 atom stereocenters. The van der Waals surface area contributed by atoms with Crippen molar-refractivity contribution >= 4 is 35.0 Å². The van der Waals surface area contributed by atoms with Crippen molar-refractivity contribution < 1.29 is 19.1 Å². The Labute approximate surface area is 186 Å². The van der Waals surface area contributed by atoms with E-state index in [1.54, 1.807) is 36.4 Å². The molecule has 0 radical (unpaired) electrons. The standard InChI is InChI=1S/C24H25ClN2O4/c1-14-11-20(21(31-2)12-19(14)25)26-22(28)16-8-4-3-7-15(16)13-27-23(29)17-9-5-6-10-18(17)24(27)30/h5-6,9-12,15-16H,3-4,7-8,13H2,1-2H3,(H,26,28). The highest BCUT2D eigenvalue weighted by molar-refractivity contribution is 6.31. The number of carbonyl (C=O) groups is 3. The smallest absolute Gasteiger partial charge is 0.261 e. The van der Waals surface area contributed by atoms with E-state index >= 15 is 0 Å². The summed E-state index contributed by atoms with van der Waals surface area (Å²) in [6.07, 6.45) is 3.42. The first-order chi connectivity index (χ1) is 14.9. The second-order valence-electron chi connectivity index (χ2n) is 8.21. The monoisotopic (exact) mass is 440 g/mol. The summed E-state index contributed by atoms with van der Waals surface area (Å²) >= 11 is 6.17. The first-order valence-electron chi connectivity index (χ1n) is 10.5. The number of amides is 3. The molecule has 2 aromatic rings. The highest BCUT2D eigenvalue weighted by atomic mass is 35.5. The molecule has 6 nitrogen and oxygen atoms in total. The third kappa shape index (κ3) is 4.04. The van der Waals surface area contributed by atoms with Crippen LogP contribution in [0.3, 0.4) is 0 Å². The van der Waals surface area contributed by atoms with Crippen LogP contribution >= 0.6 is 11.6 Å². The van der Waals surface area contributed by atoms with Crippen LogP contribution in [-0.2, 0) is 4.79 Å². The predicted molar refractivity (Wildman–Crippen MR) is 119 cm³/mol. The molecule has 1 N–H and O–H groups in total. The summed E-state index contributed by atoms with van der Waals surface area (Å²) in [5.41, 5.74) is 2.28. The van der Waals surface area contributed by atoms with Crippen LogP contribution in [0.5, 0.6) is 5.75 Å². The zero-order chi connectivity index (χ0) is 22.1. The van der Waals surface area contributed by atoms with Crippen molar-refractivity contribution in [2.45, 2.75) is 32.6 Å². The van der Waals surface area contributed by atoms with Crippen LogP contribution in [0, 0.1) is 18.8 Å². The van der Waals surface area contributed by atoms with Gasteiger partial charge in [0.2, 0.25) is 5.91 Å². The first kappa shape index (κ1) is 21.4. The summed E-state index contributed by atoms with van der Waals surface area (Å²) < 4.78 is 5.37. The van der Waals surface area contributed by atoms with Crippen LogP contribution in [0.2, 0.25) is 5.02 Å². The summed E-state index contributed by atoms with van der Waals surface area (Å²) in [5.74, 6) is -0.562. The molecule has 0 saturated heterocycles. The number of anilines is 1. The number of imide groups is 1. The van der Waals surface area contributed by atoms with Crippen LogP contribution in [-0.4, -0.2) is 36.3 Å². The number of fused-ring (bicyclic) bond motifs is 1. The van der Waals surface area contributed by atoms with Crippen LogP contribution in [0.1, 0.15) is 52.0 Å². The number of methoxy groups -OCH3 is 1. The van der Waals surface area contributed by atoms with E-state index in [0.717, 1.165) is 24.8 Å². The van der Waals surface area contributed by atoms with Gasteiger partial charge in [-0.3, -0.25) is 19.3 Å². The molecule has 31 heavy (non-hydrogen) atoms. The highest BCUT2D eigenvalue weighted by Crippen LogP contribution is 2.36. The van der Waals surface area contributed by atoms with Crippen molar-refractivity contribution in [3.63, 3.8) is 0 Å². The second kappa shape index (κ2) is 8.71. The number of ether oxygens (including phenoxy) is 1. The predicted octanol–water partition coefficient (Wildman–Crippen LogP) is 4.70. The number of hydrogen-bond donors (Lipinski definition) is 1. The molecule has 1 aliphatic carbocycles. The average Bonchev–Trinajstić information content (AvgIpc) is 3.01. The van der Waals surface area contributed by atoms with Gasteiger partial charge in [-0.05, 0) is 49.4 Å². The molecule has 2 unspecified atom stereocenters. The number of rotatable bonds is 5. The molecule has 162 valence electrons. The second-order valence-corrected chi connectivity index (χ2v) is 8.62. The van der Waals surface area contributed by atoms with Gasteiger partial charge in [0.15, 0.2) is 0 Å². The van der Waals surface area contributed by atoms with Gasteiger partial charge >= 0.3 is 0 Å². The SMILES string of the molecule is COc1cc(Cl)c(C)cc1NC(=O)C1CCCCC1CN1C(=O)c2ccccc2C1=O. The molecule has 2 aliphatic rings. The lowest BCUT2D eigenvalue weighted by molar-refractivity contribution is -0.122. The number of aryl methyl sites for hydroxylation is 1. The Hall–Kier alpha value is -2.86. The van der Waals surface area contributed by atoms with Crippen LogP contribution in [0.25, 0.3) is 0 Å². The van der Waals surface area contributed by atoms with Crippen LogP contribution < -0.4 is 10.1 Å². The van der Waals surface area contributed by atoms with E-state index < -0.39 is 0 Å². The van der Waals surface area contributed by atoms with Gasteiger partial charge in [0.1, 0.15) is 5.75 Å². The molecule has 1 aliphatic heterocycles. The average molecular weight is 441 g/mol. The fraction of sp³-hybridized carbons (Fsp3) is 0.375. The fourth-order valence-corrected chi connectivity index (χ4v) is 4.72. The Morgan fingerprint density at radius 3 is 2.42 bits per heavy atom. The Bertz CT molecular complexity index is 1020. The topological polar surface area (TPSA) is 75.7 Å². The van der Waals surface area contributed by atoms with E-state index in [1.165, 1.54) is 12.0 Å². The Morgan fingerprint density at radius 1 is 1.13 bits per heavy atom. The lowest BCUT2D eigenvalue weighted by atomic mass is 9.78. The van der Waals surface area contributed by atoms with Gasteiger partial charge in [-0.25, -0.2) is 0 Å². The van der Waals surface area contributed by atoms with Gasteiger partial charge in [-0.2, -0.15) is 0 Å². The summed E-state index contributed by atoms with van der Waals surface area (Å²) in [6, 6.07) is 10.3. The minimum atomic E-state index is -0.293. The molecule has 3 amide bonds. The van der Waals surface area contributed by atoms with E-state index in [4.69, 9.17) is 16.3 Å². The van der Waals surface area contributed by atoms with E-state index in [1.807, 2.05) is 6.92 Å². The molecular weight excluding hydrogens is 416 g/mol. The van der Waals surface area contributed by atoms with Crippen LogP contribution in [0.4, 0.5) is 5.69 Å². The van der Waals surface area contributed by atoms with Crippen LogP contribution in [0.15, 0.2) is 36.4 Å². The van der Waals surface area contributed by atoms with Crippen molar-refractivity contribution in [1.29, 1.82) is 0 Å². The van der Waals surface area contributed by atoms with Gasteiger partial charge in [0.25, 0.3) is 11.8 Å². The van der Waals surface area contributed by atoms with Gasteiger partial charge < -0.3 is 10.1 Å². The largest absolute Gasteiger partial charge is 0.495 e. The highest BCUT2D eigenvalue weighted by Gasteiger charge is 2.40. The van der Waals surface area contributed by atoms with E-state index in [9.17, 15) is 14.4 Å². The number of benzene rings is 2. The minimum Gasteiger partial charge on any atom is -0.495 e. The molecule has 0 spiro atoms. The third-order valence-electron chi connectivity index (χ3n) is 6.28. The zero-order valence-electron chi connectivity index (χ0n) is 17.6. The number of halogens is 1. The van der Waals surface area contributed by atoms with Gasteiger partial charge in [0, 0.05) is 23.6 Å². The molecule has 7 heteroatoms. The Morgan fingerprint density at radius 2 is 1.77 bits per heavy atom. The molecule has 1 heterocycles. The van der Waals surface area contributed by atoms with Crippen molar-refractivity contribution in [3.8, 4) is 5.75 Å². The number of nitrogens with zero attached hydrogens (tertiary/aromatic N) is 1. The van der Waals surface area contributed by atoms with Gasteiger partial charge in [-0.15, -0.1) is 0 Å². The lowest BCUT2D eigenvalue weighted by Crippen LogP contribution is -2.41.